The highest BCUT2D eigenvalue weighted by atomic mass is 127. The minimum Gasteiger partial charge on any atom is -0.359 e. The monoisotopic (exact) mass is 449 g/mol. The van der Waals surface area contributed by atoms with E-state index in [1.807, 2.05) is 6.07 Å². The summed E-state index contributed by atoms with van der Waals surface area (Å²) in [7, 11) is 2.20. The SMILES string of the molecule is CCNC(=NCc1cc(C(C)C)no1)NCC(C)N(C)C1CC1.I. The molecule has 138 valence electrons. The third-order valence-electron chi connectivity index (χ3n) is 4.29. The number of aromatic nitrogens is 1. The molecule has 2 rings (SSSR count). The van der Waals surface area contributed by atoms with Gasteiger partial charge >= 0.3 is 0 Å². The van der Waals surface area contributed by atoms with E-state index in [1.165, 1.54) is 12.8 Å². The maximum Gasteiger partial charge on any atom is 0.191 e. The topological polar surface area (TPSA) is 65.7 Å². The van der Waals surface area contributed by atoms with Crippen LogP contribution in [0.25, 0.3) is 0 Å². The van der Waals surface area contributed by atoms with Gasteiger partial charge in [0.1, 0.15) is 6.54 Å². The number of guanidine groups is 1. The van der Waals surface area contributed by atoms with Gasteiger partial charge in [-0.3, -0.25) is 4.90 Å². The molecule has 6 nitrogen and oxygen atoms in total. The second kappa shape index (κ2) is 10.2. The number of hydrogen-bond donors (Lipinski definition) is 2. The van der Waals surface area contributed by atoms with Gasteiger partial charge in [0.25, 0.3) is 0 Å². The van der Waals surface area contributed by atoms with Crippen molar-refractivity contribution in [2.75, 3.05) is 20.1 Å². The van der Waals surface area contributed by atoms with E-state index in [-0.39, 0.29) is 24.0 Å². The summed E-state index contributed by atoms with van der Waals surface area (Å²) in [4.78, 5) is 7.04. The van der Waals surface area contributed by atoms with Crippen molar-refractivity contribution in [1.82, 2.24) is 20.7 Å². The van der Waals surface area contributed by atoms with Crippen LogP contribution in [0.15, 0.2) is 15.6 Å². The predicted octanol–water partition coefficient (Wildman–Crippen LogP) is 2.95. The Morgan fingerprint density at radius 2 is 2.08 bits per heavy atom. The zero-order valence-electron chi connectivity index (χ0n) is 15.5. The average molecular weight is 449 g/mol. The molecule has 1 aliphatic carbocycles. The van der Waals surface area contributed by atoms with E-state index in [0.717, 1.165) is 36.5 Å². The molecule has 0 radical (unpaired) electrons. The maximum absolute atomic E-state index is 5.34. The minimum atomic E-state index is 0. The fraction of sp³-hybridized carbons (Fsp3) is 0.765. The van der Waals surface area contributed by atoms with Crippen LogP contribution in [0.4, 0.5) is 0 Å². The maximum atomic E-state index is 5.34. The van der Waals surface area contributed by atoms with Gasteiger partial charge in [-0.2, -0.15) is 0 Å². The lowest BCUT2D eigenvalue weighted by atomic mass is 10.1. The second-order valence-electron chi connectivity index (χ2n) is 6.69. The molecule has 0 saturated heterocycles. The molecule has 1 fully saturated rings. The molecule has 0 spiro atoms. The highest BCUT2D eigenvalue weighted by Gasteiger charge is 2.28. The smallest absolute Gasteiger partial charge is 0.191 e. The van der Waals surface area contributed by atoms with Crippen molar-refractivity contribution in [1.29, 1.82) is 0 Å². The van der Waals surface area contributed by atoms with Crippen molar-refractivity contribution in [2.24, 2.45) is 4.99 Å². The summed E-state index contributed by atoms with van der Waals surface area (Å²) in [5, 5.41) is 10.8. The Labute approximate surface area is 162 Å². The number of nitrogens with one attached hydrogen (secondary N) is 2. The van der Waals surface area contributed by atoms with Crippen molar-refractivity contribution >= 4 is 29.9 Å². The molecule has 7 heteroatoms. The second-order valence-corrected chi connectivity index (χ2v) is 6.69. The number of likely N-dealkylation sites (N-methyl/N-ethyl adjacent to an activating group) is 1. The quantitative estimate of drug-likeness (QED) is 0.363. The van der Waals surface area contributed by atoms with Gasteiger partial charge in [-0.05, 0) is 39.7 Å². The van der Waals surface area contributed by atoms with Crippen LogP contribution in [-0.4, -0.2) is 48.2 Å². The normalized spacial score (nSPS) is 16.2. The summed E-state index contributed by atoms with van der Waals surface area (Å²) in [6.07, 6.45) is 2.66. The Morgan fingerprint density at radius 1 is 1.38 bits per heavy atom. The third kappa shape index (κ3) is 6.58. The highest BCUT2D eigenvalue weighted by molar-refractivity contribution is 14.0. The Balaban J connectivity index is 0.00000288. The first-order valence-electron chi connectivity index (χ1n) is 8.70. The zero-order valence-corrected chi connectivity index (χ0v) is 17.8. The molecule has 1 unspecified atom stereocenters. The summed E-state index contributed by atoms with van der Waals surface area (Å²) in [6, 6.07) is 3.25. The molecule has 1 atom stereocenters. The Bertz CT molecular complexity index is 513. The molecular weight excluding hydrogens is 417 g/mol. The van der Waals surface area contributed by atoms with Crippen molar-refractivity contribution in [3.63, 3.8) is 0 Å². The van der Waals surface area contributed by atoms with Crippen LogP contribution >= 0.6 is 24.0 Å². The summed E-state index contributed by atoms with van der Waals surface area (Å²) in [5.41, 5.74) is 0.979. The average Bonchev–Trinajstić information content (AvgIpc) is 3.26. The van der Waals surface area contributed by atoms with E-state index in [0.29, 0.717) is 18.5 Å². The third-order valence-corrected chi connectivity index (χ3v) is 4.29. The van der Waals surface area contributed by atoms with Gasteiger partial charge in [0.15, 0.2) is 11.7 Å². The largest absolute Gasteiger partial charge is 0.359 e. The standard InChI is InChI=1S/C17H31N5O.HI/c1-6-18-17(19-10-13(4)22(5)14-7-8-14)20-11-15-9-16(12(2)3)21-23-15;/h9,12-14H,6-8,10-11H2,1-5H3,(H2,18,19,20);1H. The van der Waals surface area contributed by atoms with Crippen LogP contribution < -0.4 is 10.6 Å². The van der Waals surface area contributed by atoms with Crippen molar-refractivity contribution in [3.8, 4) is 0 Å². The van der Waals surface area contributed by atoms with E-state index in [1.54, 1.807) is 0 Å². The number of halogens is 1. The first-order chi connectivity index (χ1) is 11.0. The molecule has 1 aliphatic rings. The van der Waals surface area contributed by atoms with Gasteiger partial charge < -0.3 is 15.2 Å². The number of nitrogens with zero attached hydrogens (tertiary/aromatic N) is 3. The molecule has 0 bridgehead atoms. The molecule has 1 aromatic heterocycles. The molecule has 0 amide bonds. The number of hydrogen-bond acceptors (Lipinski definition) is 4. The van der Waals surface area contributed by atoms with E-state index in [9.17, 15) is 0 Å². The van der Waals surface area contributed by atoms with Crippen molar-refractivity contribution in [3.05, 3.63) is 17.5 Å². The van der Waals surface area contributed by atoms with Crippen LogP contribution in [0.5, 0.6) is 0 Å². The van der Waals surface area contributed by atoms with E-state index in [2.05, 4.69) is 60.4 Å². The molecule has 2 N–H and O–H groups in total. The molecule has 1 aromatic rings. The predicted molar refractivity (Wildman–Crippen MR) is 109 cm³/mol. The lowest BCUT2D eigenvalue weighted by Gasteiger charge is -2.25. The first kappa shape index (κ1) is 21.2. The van der Waals surface area contributed by atoms with Crippen LogP contribution in [0.2, 0.25) is 0 Å². The van der Waals surface area contributed by atoms with Crippen molar-refractivity contribution in [2.45, 2.75) is 65.1 Å². The Hall–Kier alpha value is -0.830. The zero-order chi connectivity index (χ0) is 16.8. The fourth-order valence-electron chi connectivity index (χ4n) is 2.40. The summed E-state index contributed by atoms with van der Waals surface area (Å²) in [5.74, 6) is 2.00. The van der Waals surface area contributed by atoms with Gasteiger partial charge in [0, 0.05) is 31.2 Å². The Kier molecular flexibility index (Phi) is 9.04. The van der Waals surface area contributed by atoms with Gasteiger partial charge in [-0.15, -0.1) is 24.0 Å². The number of aliphatic imine (C=N–C) groups is 1. The van der Waals surface area contributed by atoms with Crippen LogP contribution in [0.1, 0.15) is 57.9 Å². The minimum absolute atomic E-state index is 0. The Morgan fingerprint density at radius 3 is 2.62 bits per heavy atom. The molecule has 0 aliphatic heterocycles. The molecule has 24 heavy (non-hydrogen) atoms. The van der Waals surface area contributed by atoms with E-state index >= 15 is 0 Å². The van der Waals surface area contributed by atoms with Crippen LogP contribution in [0, 0.1) is 0 Å². The van der Waals surface area contributed by atoms with Crippen LogP contribution in [0.3, 0.4) is 0 Å². The molecular formula is C17H32IN5O. The lowest BCUT2D eigenvalue weighted by Crippen LogP contribution is -2.45. The van der Waals surface area contributed by atoms with Crippen LogP contribution in [-0.2, 0) is 6.54 Å². The van der Waals surface area contributed by atoms with Gasteiger partial charge in [-0.25, -0.2) is 4.99 Å². The molecule has 0 aromatic carbocycles. The van der Waals surface area contributed by atoms with Crippen molar-refractivity contribution < 1.29 is 4.52 Å². The summed E-state index contributed by atoms with van der Waals surface area (Å²) < 4.78 is 5.34. The van der Waals surface area contributed by atoms with E-state index in [4.69, 9.17) is 4.52 Å². The molecule has 1 heterocycles. The fourth-order valence-corrected chi connectivity index (χ4v) is 2.40. The highest BCUT2D eigenvalue weighted by Crippen LogP contribution is 2.26. The summed E-state index contributed by atoms with van der Waals surface area (Å²) in [6.45, 7) is 10.8. The van der Waals surface area contributed by atoms with Gasteiger partial charge in [-0.1, -0.05) is 19.0 Å². The summed E-state index contributed by atoms with van der Waals surface area (Å²) >= 11 is 0. The first-order valence-corrected chi connectivity index (χ1v) is 8.70. The molecule has 1 saturated carbocycles. The van der Waals surface area contributed by atoms with Gasteiger partial charge in [0.05, 0.1) is 5.69 Å². The van der Waals surface area contributed by atoms with E-state index < -0.39 is 0 Å². The lowest BCUT2D eigenvalue weighted by molar-refractivity contribution is 0.247. The number of rotatable bonds is 8. The van der Waals surface area contributed by atoms with Gasteiger partial charge in [0.2, 0.25) is 0 Å².